The summed E-state index contributed by atoms with van der Waals surface area (Å²) >= 11 is 1.31. The first-order valence-corrected chi connectivity index (χ1v) is 10.5. The normalized spacial score (nSPS) is 11.0. The molecule has 8 nitrogen and oxygen atoms in total. The molecule has 1 aromatic carbocycles. The van der Waals surface area contributed by atoms with Gasteiger partial charge in [0.2, 0.25) is 0 Å². The summed E-state index contributed by atoms with van der Waals surface area (Å²) in [5, 5.41) is 9.94. The predicted octanol–water partition coefficient (Wildman–Crippen LogP) is 3.81. The molecule has 0 aliphatic heterocycles. The Bertz CT molecular complexity index is 1290. The van der Waals surface area contributed by atoms with Gasteiger partial charge in [0.15, 0.2) is 17.4 Å². The number of ether oxygens (including phenoxy) is 1. The number of aryl methyl sites for hydroxylation is 4. The fourth-order valence-corrected chi connectivity index (χ4v) is 4.02. The van der Waals surface area contributed by atoms with Gasteiger partial charge in [-0.05, 0) is 26.8 Å². The lowest BCUT2D eigenvalue weighted by molar-refractivity contribution is -0.119. The molecule has 9 heteroatoms. The molecule has 4 rings (SSSR count). The zero-order valence-electron chi connectivity index (χ0n) is 17.6. The van der Waals surface area contributed by atoms with Crippen molar-refractivity contribution in [1.29, 1.82) is 0 Å². The van der Waals surface area contributed by atoms with Crippen LogP contribution in [0, 0.1) is 20.8 Å². The number of benzene rings is 1. The van der Waals surface area contributed by atoms with Gasteiger partial charge in [-0.3, -0.25) is 14.8 Å². The lowest BCUT2D eigenvalue weighted by atomic mass is 10.1. The van der Waals surface area contributed by atoms with E-state index in [1.807, 2.05) is 36.6 Å². The lowest BCUT2D eigenvalue weighted by Gasteiger charge is -2.07. The minimum Gasteiger partial charge on any atom is -0.452 e. The van der Waals surface area contributed by atoms with Crippen LogP contribution in [0.5, 0.6) is 0 Å². The summed E-state index contributed by atoms with van der Waals surface area (Å²) in [5.74, 6) is -1.05. The third kappa shape index (κ3) is 4.31. The number of carbonyl (C=O) groups excluding carboxylic acids is 2. The van der Waals surface area contributed by atoms with E-state index >= 15 is 0 Å². The van der Waals surface area contributed by atoms with E-state index in [-0.39, 0.29) is 0 Å². The van der Waals surface area contributed by atoms with Gasteiger partial charge in [0.25, 0.3) is 5.91 Å². The molecule has 0 aliphatic rings. The van der Waals surface area contributed by atoms with Crippen LogP contribution < -0.4 is 5.32 Å². The van der Waals surface area contributed by atoms with Crippen molar-refractivity contribution in [2.24, 2.45) is 7.05 Å². The van der Waals surface area contributed by atoms with Gasteiger partial charge in [-0.15, -0.1) is 11.3 Å². The Morgan fingerprint density at radius 1 is 1.13 bits per heavy atom. The quantitative estimate of drug-likeness (QED) is 0.479. The maximum Gasteiger partial charge on any atom is 0.339 e. The maximum atomic E-state index is 12.7. The van der Waals surface area contributed by atoms with Crippen LogP contribution in [0.1, 0.15) is 27.3 Å². The minimum atomic E-state index is -0.596. The van der Waals surface area contributed by atoms with Crippen molar-refractivity contribution < 1.29 is 14.3 Å². The highest BCUT2D eigenvalue weighted by atomic mass is 32.1. The molecule has 1 N–H and O–H groups in total. The van der Waals surface area contributed by atoms with Crippen LogP contribution in [0.25, 0.3) is 22.3 Å². The minimum absolute atomic E-state index is 0.344. The van der Waals surface area contributed by atoms with Gasteiger partial charge in [0, 0.05) is 23.7 Å². The van der Waals surface area contributed by atoms with Crippen molar-refractivity contribution in [2.45, 2.75) is 20.8 Å². The number of anilines is 1. The number of esters is 1. The lowest BCUT2D eigenvalue weighted by Crippen LogP contribution is -2.21. The summed E-state index contributed by atoms with van der Waals surface area (Å²) in [5.41, 5.74) is 5.19. The molecule has 0 unspecified atom stereocenters. The topological polar surface area (TPSA) is 99.0 Å². The Kier molecular flexibility index (Phi) is 5.51. The maximum absolute atomic E-state index is 12.7. The number of hydrogen-bond acceptors (Lipinski definition) is 7. The van der Waals surface area contributed by atoms with E-state index in [0.29, 0.717) is 33.1 Å². The molecule has 1 amide bonds. The molecular formula is C22H21N5O3S. The van der Waals surface area contributed by atoms with Crippen LogP contribution >= 0.6 is 11.3 Å². The van der Waals surface area contributed by atoms with Crippen LogP contribution in [0.4, 0.5) is 5.13 Å². The smallest absolute Gasteiger partial charge is 0.339 e. The largest absolute Gasteiger partial charge is 0.452 e. The number of aromatic nitrogens is 4. The van der Waals surface area contributed by atoms with Crippen molar-refractivity contribution in [1.82, 2.24) is 19.7 Å². The van der Waals surface area contributed by atoms with Gasteiger partial charge in [-0.25, -0.2) is 14.8 Å². The van der Waals surface area contributed by atoms with E-state index in [2.05, 4.69) is 20.4 Å². The number of pyridine rings is 1. The zero-order chi connectivity index (χ0) is 22.1. The molecule has 0 aliphatic carbocycles. The third-order valence-corrected chi connectivity index (χ3v) is 5.51. The Morgan fingerprint density at radius 2 is 1.87 bits per heavy atom. The fraction of sp³-hybridized carbons (Fsp3) is 0.227. The summed E-state index contributed by atoms with van der Waals surface area (Å²) in [6.45, 7) is 5.20. The first-order valence-electron chi connectivity index (χ1n) is 9.62. The second-order valence-corrected chi connectivity index (χ2v) is 8.11. The Morgan fingerprint density at radius 3 is 2.61 bits per heavy atom. The van der Waals surface area contributed by atoms with Gasteiger partial charge in [-0.1, -0.05) is 29.8 Å². The standard InChI is InChI=1S/C22H21N5O3S/c1-12-5-7-15(8-6-12)17-11-31-22(24-17)25-18(28)10-30-21(29)16-9-13(2)23-20-19(16)14(3)26-27(20)4/h5-9,11H,10H2,1-4H3,(H,24,25,28). The number of rotatable bonds is 5. The molecule has 3 heterocycles. The molecule has 0 spiro atoms. The Hall–Kier alpha value is -3.59. The average Bonchev–Trinajstić information content (AvgIpc) is 3.30. The van der Waals surface area contributed by atoms with Gasteiger partial charge < -0.3 is 4.74 Å². The summed E-state index contributed by atoms with van der Waals surface area (Å²) < 4.78 is 6.88. The molecule has 0 radical (unpaired) electrons. The average molecular weight is 436 g/mol. The number of thiazole rings is 1. The van der Waals surface area contributed by atoms with E-state index < -0.39 is 18.5 Å². The van der Waals surface area contributed by atoms with E-state index in [1.165, 1.54) is 11.3 Å². The van der Waals surface area contributed by atoms with E-state index in [4.69, 9.17) is 4.74 Å². The first-order chi connectivity index (χ1) is 14.8. The van der Waals surface area contributed by atoms with Crippen LogP contribution in [-0.4, -0.2) is 38.2 Å². The van der Waals surface area contributed by atoms with Crippen LogP contribution in [0.15, 0.2) is 35.7 Å². The van der Waals surface area contributed by atoms with Crippen LogP contribution in [0.2, 0.25) is 0 Å². The highest BCUT2D eigenvalue weighted by Gasteiger charge is 2.20. The molecule has 0 saturated heterocycles. The van der Waals surface area contributed by atoms with Gasteiger partial charge in [0.1, 0.15) is 0 Å². The second kappa shape index (κ2) is 8.27. The molecule has 31 heavy (non-hydrogen) atoms. The highest BCUT2D eigenvalue weighted by molar-refractivity contribution is 7.14. The highest BCUT2D eigenvalue weighted by Crippen LogP contribution is 2.25. The molecule has 0 atom stereocenters. The number of carbonyl (C=O) groups is 2. The molecule has 0 saturated carbocycles. The summed E-state index contributed by atoms with van der Waals surface area (Å²) in [6, 6.07) is 9.62. The Labute approximate surface area is 182 Å². The SMILES string of the molecule is Cc1ccc(-c2csc(NC(=O)COC(=O)c3cc(C)nc4c3c(C)nn4C)n2)cc1. The third-order valence-electron chi connectivity index (χ3n) is 4.75. The molecule has 0 fully saturated rings. The number of fused-ring (bicyclic) bond motifs is 1. The van der Waals surface area contributed by atoms with Gasteiger partial charge in [-0.2, -0.15) is 5.10 Å². The molecular weight excluding hydrogens is 414 g/mol. The van der Waals surface area contributed by atoms with Crippen molar-refractivity contribution in [3.63, 3.8) is 0 Å². The van der Waals surface area contributed by atoms with E-state index in [9.17, 15) is 9.59 Å². The molecule has 4 aromatic rings. The zero-order valence-corrected chi connectivity index (χ0v) is 18.4. The summed E-state index contributed by atoms with van der Waals surface area (Å²) in [4.78, 5) is 33.8. The summed E-state index contributed by atoms with van der Waals surface area (Å²) in [6.07, 6.45) is 0. The van der Waals surface area contributed by atoms with Gasteiger partial charge >= 0.3 is 5.97 Å². The number of nitrogens with zero attached hydrogens (tertiary/aromatic N) is 4. The second-order valence-electron chi connectivity index (χ2n) is 7.25. The first kappa shape index (κ1) is 20.7. The number of hydrogen-bond donors (Lipinski definition) is 1. The van der Waals surface area contributed by atoms with Crippen molar-refractivity contribution in [2.75, 3.05) is 11.9 Å². The Balaban J connectivity index is 1.42. The molecule has 0 bridgehead atoms. The fourth-order valence-electron chi connectivity index (χ4n) is 3.28. The van der Waals surface area contributed by atoms with Crippen LogP contribution in [-0.2, 0) is 16.6 Å². The predicted molar refractivity (Wildman–Crippen MR) is 119 cm³/mol. The van der Waals surface area contributed by atoms with Crippen molar-refractivity contribution >= 4 is 39.4 Å². The van der Waals surface area contributed by atoms with Crippen molar-refractivity contribution in [3.8, 4) is 11.3 Å². The molecule has 158 valence electrons. The number of nitrogens with one attached hydrogen (secondary N) is 1. The van der Waals surface area contributed by atoms with Crippen LogP contribution in [0.3, 0.4) is 0 Å². The van der Waals surface area contributed by atoms with E-state index in [0.717, 1.165) is 16.8 Å². The molecule has 3 aromatic heterocycles. The number of amides is 1. The monoisotopic (exact) mass is 435 g/mol. The van der Waals surface area contributed by atoms with Gasteiger partial charge in [0.05, 0.1) is 22.3 Å². The van der Waals surface area contributed by atoms with E-state index in [1.54, 1.807) is 31.6 Å². The van der Waals surface area contributed by atoms with Crippen molar-refractivity contribution in [3.05, 3.63) is 58.2 Å². The summed E-state index contributed by atoms with van der Waals surface area (Å²) in [7, 11) is 1.77.